The average molecular weight is 1410 g/mol. The summed E-state index contributed by atoms with van der Waals surface area (Å²) in [4.78, 5) is 72.9. The Kier molecular flexibility index (Phi) is 66.6. The lowest BCUT2D eigenvalue weighted by Crippen LogP contribution is -2.30. The molecule has 0 aromatic rings. The van der Waals surface area contributed by atoms with Gasteiger partial charge < -0.3 is 33.8 Å². The first-order valence-electron chi connectivity index (χ1n) is 39.3. The van der Waals surface area contributed by atoms with Gasteiger partial charge in [-0.1, -0.05) is 323 Å². The lowest BCUT2D eigenvalue weighted by Gasteiger charge is -2.21. The van der Waals surface area contributed by atoms with E-state index in [4.69, 9.17) is 37.0 Å². The van der Waals surface area contributed by atoms with Crippen LogP contribution in [0.2, 0.25) is 0 Å². The van der Waals surface area contributed by atoms with Gasteiger partial charge >= 0.3 is 39.5 Å². The van der Waals surface area contributed by atoms with Crippen LogP contribution in [0.4, 0.5) is 0 Å². The number of carbonyl (C=O) groups is 4. The molecule has 3 unspecified atom stereocenters. The molecule has 17 nitrogen and oxygen atoms in total. The van der Waals surface area contributed by atoms with Gasteiger partial charge in [0.15, 0.2) is 12.2 Å². The first-order chi connectivity index (χ1) is 46.4. The van der Waals surface area contributed by atoms with Crippen LogP contribution < -0.4 is 0 Å². The molecule has 0 aliphatic heterocycles. The highest BCUT2D eigenvalue weighted by molar-refractivity contribution is 7.47. The van der Waals surface area contributed by atoms with Gasteiger partial charge in [-0.3, -0.25) is 37.3 Å². The minimum atomic E-state index is -4.97. The molecule has 0 spiro atoms. The van der Waals surface area contributed by atoms with Crippen LogP contribution in [0.25, 0.3) is 0 Å². The van der Waals surface area contributed by atoms with Crippen molar-refractivity contribution in [3.63, 3.8) is 0 Å². The second kappa shape index (κ2) is 68.3. The number of phosphoric acid groups is 2. The second-order valence-electron chi connectivity index (χ2n) is 27.8. The van der Waals surface area contributed by atoms with E-state index in [2.05, 4.69) is 65.8 Å². The zero-order chi connectivity index (χ0) is 70.7. The van der Waals surface area contributed by atoms with Crippen LogP contribution in [0.5, 0.6) is 0 Å². The molecule has 0 aliphatic rings. The van der Waals surface area contributed by atoms with Gasteiger partial charge in [0.1, 0.15) is 19.3 Å². The van der Waals surface area contributed by atoms with Crippen molar-refractivity contribution in [3.8, 4) is 0 Å². The summed E-state index contributed by atoms with van der Waals surface area (Å²) in [6.45, 7) is 9.53. The molecule has 0 heterocycles. The maximum absolute atomic E-state index is 13.1. The van der Waals surface area contributed by atoms with Crippen molar-refractivity contribution in [2.45, 2.75) is 394 Å². The van der Waals surface area contributed by atoms with E-state index in [1.54, 1.807) is 0 Å². The Morgan fingerprint density at radius 1 is 0.344 bits per heavy atom. The monoisotopic (exact) mass is 1410 g/mol. The highest BCUT2D eigenvalue weighted by atomic mass is 31.2. The molecule has 0 saturated carbocycles. The predicted molar refractivity (Wildman–Crippen MR) is 391 cm³/mol. The van der Waals surface area contributed by atoms with Gasteiger partial charge in [0.25, 0.3) is 0 Å². The van der Waals surface area contributed by atoms with Gasteiger partial charge in [-0.2, -0.15) is 0 Å². The standard InChI is InChI=1S/C77H146O17P2/c1-7-10-12-14-16-18-20-22-24-26-28-30-35-43-49-55-61-76(81)93-72(65-87-74(79)59-53-47-41-34-29-27-25-23-21-19-17-15-13-11-8-2)67-91-95(83,84)89-63-71(78)64-90-96(85,86)92-68-73(66-88-75(80)60-54-48-42-38-37-40-46-52-58-70(6)9-3)94-77(82)62-56-50-44-36-32-31-33-39-45-51-57-69(4)5/h19,21,23,25,69-73,78H,7-18,20,22,24,26-68H2,1-6H3,(H,83,84)(H,85,86)/b21-19-,25-23-/t70?,71-,72-,73-/m1/s1. The third-order valence-electron chi connectivity index (χ3n) is 17.7. The number of aliphatic hydroxyl groups is 1. The summed E-state index contributed by atoms with van der Waals surface area (Å²) in [5.74, 6) is -0.618. The molecule has 0 aromatic carbocycles. The van der Waals surface area contributed by atoms with Crippen molar-refractivity contribution in [1.82, 2.24) is 0 Å². The van der Waals surface area contributed by atoms with Crippen molar-refractivity contribution in [1.29, 1.82) is 0 Å². The maximum atomic E-state index is 13.1. The number of ether oxygens (including phenoxy) is 4. The van der Waals surface area contributed by atoms with E-state index in [1.165, 1.54) is 173 Å². The van der Waals surface area contributed by atoms with E-state index in [0.717, 1.165) is 121 Å². The molecule has 0 saturated heterocycles. The topological polar surface area (TPSA) is 237 Å². The lowest BCUT2D eigenvalue weighted by atomic mass is 9.99. The van der Waals surface area contributed by atoms with E-state index in [9.17, 15) is 43.2 Å². The minimum absolute atomic E-state index is 0.101. The van der Waals surface area contributed by atoms with E-state index in [0.29, 0.717) is 25.7 Å². The smallest absolute Gasteiger partial charge is 0.462 e. The molecule has 3 N–H and O–H groups in total. The third-order valence-corrected chi connectivity index (χ3v) is 19.6. The highest BCUT2D eigenvalue weighted by Crippen LogP contribution is 2.45. The first-order valence-corrected chi connectivity index (χ1v) is 42.3. The SMILES string of the molecule is CCCCCC/C=C\C=C/CCCCCCCC(=O)OC[C@H](COP(=O)(O)OC[C@@H](O)COP(=O)(O)OC[C@@H](COC(=O)CCCCCCCCCCC(C)CC)OC(=O)CCCCCCCCCCCCC(C)C)OC(=O)CCCCCCCCCCCCCCCCCC. The van der Waals surface area contributed by atoms with Crippen molar-refractivity contribution in [3.05, 3.63) is 24.3 Å². The Bertz CT molecular complexity index is 1950. The number of allylic oxidation sites excluding steroid dienone is 4. The molecule has 566 valence electrons. The molecular formula is C77H146O17P2. The summed E-state index contributed by atoms with van der Waals surface area (Å²) >= 11 is 0. The molecule has 0 bridgehead atoms. The Morgan fingerprint density at radius 2 is 0.615 bits per heavy atom. The van der Waals surface area contributed by atoms with Gasteiger partial charge in [-0.25, -0.2) is 9.13 Å². The number of unbranched alkanes of at least 4 members (excludes halogenated alkanes) is 40. The largest absolute Gasteiger partial charge is 0.472 e. The molecule has 19 heteroatoms. The molecule has 0 fully saturated rings. The van der Waals surface area contributed by atoms with Crippen LogP contribution in [0.1, 0.15) is 375 Å². The number of esters is 4. The molecule has 0 aromatic heterocycles. The van der Waals surface area contributed by atoms with Crippen LogP contribution in [0.3, 0.4) is 0 Å². The predicted octanol–water partition coefficient (Wildman–Crippen LogP) is 22.3. The Hall–Kier alpha value is -2.46. The summed E-state index contributed by atoms with van der Waals surface area (Å²) < 4.78 is 68.5. The molecule has 6 atom stereocenters. The van der Waals surface area contributed by atoms with Gasteiger partial charge in [0, 0.05) is 25.7 Å². The quantitative estimate of drug-likeness (QED) is 0.0169. The minimum Gasteiger partial charge on any atom is -0.462 e. The van der Waals surface area contributed by atoms with Crippen LogP contribution in [0, 0.1) is 11.8 Å². The number of aliphatic hydroxyl groups excluding tert-OH is 1. The maximum Gasteiger partial charge on any atom is 0.472 e. The first kappa shape index (κ1) is 93.5. The fourth-order valence-corrected chi connectivity index (χ4v) is 12.8. The summed E-state index contributed by atoms with van der Waals surface area (Å²) in [5, 5.41) is 10.6. The average Bonchev–Trinajstić information content (AvgIpc) is 1.15. The van der Waals surface area contributed by atoms with Gasteiger partial charge in [0.2, 0.25) is 0 Å². The zero-order valence-corrected chi connectivity index (χ0v) is 63.9. The highest BCUT2D eigenvalue weighted by Gasteiger charge is 2.30. The normalized spacial score (nSPS) is 14.4. The molecule has 0 rings (SSSR count). The van der Waals surface area contributed by atoms with Crippen molar-refractivity contribution >= 4 is 39.5 Å². The zero-order valence-electron chi connectivity index (χ0n) is 62.2. The van der Waals surface area contributed by atoms with E-state index in [-0.39, 0.29) is 25.7 Å². The van der Waals surface area contributed by atoms with Crippen molar-refractivity contribution in [2.75, 3.05) is 39.6 Å². The fraction of sp³-hybridized carbons (Fsp3) is 0.896. The van der Waals surface area contributed by atoms with E-state index in [1.807, 2.05) is 0 Å². The number of rotatable bonds is 74. The Morgan fingerprint density at radius 3 is 0.938 bits per heavy atom. The van der Waals surface area contributed by atoms with Gasteiger partial charge in [0.05, 0.1) is 26.4 Å². The summed E-state index contributed by atoms with van der Waals surface area (Å²) in [6, 6.07) is 0. The van der Waals surface area contributed by atoms with Crippen LogP contribution >= 0.6 is 15.6 Å². The summed E-state index contributed by atoms with van der Waals surface area (Å²) in [5.41, 5.74) is 0. The Balaban J connectivity index is 5.30. The number of phosphoric ester groups is 2. The molecule has 0 amide bonds. The molecular weight excluding hydrogens is 1260 g/mol. The third kappa shape index (κ3) is 68.7. The summed E-state index contributed by atoms with van der Waals surface area (Å²) in [6.07, 6.45) is 58.9. The van der Waals surface area contributed by atoms with Crippen LogP contribution in [-0.4, -0.2) is 96.7 Å². The Labute approximate surface area is 586 Å². The number of hydrogen-bond donors (Lipinski definition) is 3. The van der Waals surface area contributed by atoms with Crippen molar-refractivity contribution < 1.29 is 80.2 Å². The van der Waals surface area contributed by atoms with E-state index < -0.39 is 97.5 Å². The number of carbonyl (C=O) groups excluding carboxylic acids is 4. The van der Waals surface area contributed by atoms with Crippen molar-refractivity contribution in [2.24, 2.45) is 11.8 Å². The summed E-state index contributed by atoms with van der Waals surface area (Å²) in [7, 11) is -9.93. The lowest BCUT2D eigenvalue weighted by molar-refractivity contribution is -0.161. The van der Waals surface area contributed by atoms with E-state index >= 15 is 0 Å². The van der Waals surface area contributed by atoms with Crippen LogP contribution in [-0.2, 0) is 65.4 Å². The van der Waals surface area contributed by atoms with Crippen LogP contribution in [0.15, 0.2) is 24.3 Å². The fourth-order valence-electron chi connectivity index (χ4n) is 11.3. The molecule has 0 aliphatic carbocycles. The van der Waals surface area contributed by atoms with Gasteiger partial charge in [-0.05, 0) is 63.2 Å². The molecule has 0 radical (unpaired) electrons. The second-order valence-corrected chi connectivity index (χ2v) is 30.7. The molecule has 96 heavy (non-hydrogen) atoms. The number of hydrogen-bond acceptors (Lipinski definition) is 15. The van der Waals surface area contributed by atoms with Gasteiger partial charge in [-0.15, -0.1) is 0 Å².